The molecule has 5 nitrogen and oxygen atoms in total. The molecule has 0 fully saturated rings. The van der Waals surface area contributed by atoms with Crippen LogP contribution < -0.4 is 11.1 Å². The second-order valence-electron chi connectivity index (χ2n) is 4.49. The number of carbonyl (C=O) groups excluding carboxylic acids is 1. The molecule has 0 aliphatic rings. The minimum Gasteiger partial charge on any atom is -0.383 e. The highest BCUT2D eigenvalue weighted by molar-refractivity contribution is 5.77. The zero-order valence-corrected chi connectivity index (χ0v) is 11.7. The lowest BCUT2D eigenvalue weighted by Crippen LogP contribution is -2.36. The fourth-order valence-electron chi connectivity index (χ4n) is 1.85. The van der Waals surface area contributed by atoms with Crippen LogP contribution in [0.4, 0.5) is 0 Å². The van der Waals surface area contributed by atoms with Gasteiger partial charge >= 0.3 is 0 Å². The summed E-state index contributed by atoms with van der Waals surface area (Å²) in [6.07, 6.45) is 0. The van der Waals surface area contributed by atoms with Crippen molar-refractivity contribution in [1.29, 1.82) is 0 Å². The number of benzene rings is 1. The average molecular weight is 265 g/mol. The van der Waals surface area contributed by atoms with E-state index in [4.69, 9.17) is 10.5 Å². The van der Waals surface area contributed by atoms with E-state index in [0.717, 1.165) is 11.1 Å². The second kappa shape index (κ2) is 8.63. The summed E-state index contributed by atoms with van der Waals surface area (Å²) >= 11 is 0. The Kier molecular flexibility index (Phi) is 7.10. The molecule has 0 saturated heterocycles. The lowest BCUT2D eigenvalue weighted by Gasteiger charge is -2.18. The number of ether oxygens (including phenoxy) is 1. The minimum atomic E-state index is 0.00443. The van der Waals surface area contributed by atoms with Gasteiger partial charge in [0.15, 0.2) is 0 Å². The quantitative estimate of drug-likeness (QED) is 0.665. The molecule has 3 N–H and O–H groups in total. The Morgan fingerprint density at radius 2 is 2.05 bits per heavy atom. The van der Waals surface area contributed by atoms with Crippen molar-refractivity contribution in [3.63, 3.8) is 0 Å². The summed E-state index contributed by atoms with van der Waals surface area (Å²) in [5, 5.41) is 2.80. The zero-order valence-electron chi connectivity index (χ0n) is 11.7. The third-order valence-corrected chi connectivity index (χ3v) is 2.82. The van der Waals surface area contributed by atoms with Crippen molar-refractivity contribution in [3.8, 4) is 0 Å². The summed E-state index contributed by atoms with van der Waals surface area (Å²) < 4.78 is 4.88. The topological polar surface area (TPSA) is 67.6 Å². The molecule has 0 aliphatic heterocycles. The number of hydrogen-bond acceptors (Lipinski definition) is 4. The Hall–Kier alpha value is -1.43. The Balaban J connectivity index is 2.42. The van der Waals surface area contributed by atoms with Crippen molar-refractivity contribution < 1.29 is 9.53 Å². The van der Waals surface area contributed by atoms with Gasteiger partial charge in [-0.25, -0.2) is 0 Å². The van der Waals surface area contributed by atoms with E-state index in [9.17, 15) is 4.79 Å². The molecule has 0 atom stereocenters. The largest absolute Gasteiger partial charge is 0.383 e. The molecular formula is C14H23N3O2. The van der Waals surface area contributed by atoms with E-state index in [1.807, 2.05) is 36.2 Å². The molecule has 1 rings (SSSR count). The molecule has 0 unspecified atom stereocenters. The van der Waals surface area contributed by atoms with Gasteiger partial charge in [-0.05, 0) is 18.2 Å². The SMILES string of the molecule is COCCNC(=O)CN(C)Cc1ccccc1CN. The number of rotatable bonds is 8. The number of nitrogens with one attached hydrogen (secondary N) is 1. The van der Waals surface area contributed by atoms with Crippen molar-refractivity contribution in [2.75, 3.05) is 33.9 Å². The van der Waals surface area contributed by atoms with Crippen LogP contribution in [0.3, 0.4) is 0 Å². The summed E-state index contributed by atoms with van der Waals surface area (Å²) in [6, 6.07) is 8.02. The first-order valence-corrected chi connectivity index (χ1v) is 6.38. The average Bonchev–Trinajstić information content (AvgIpc) is 2.39. The van der Waals surface area contributed by atoms with Gasteiger partial charge in [-0.2, -0.15) is 0 Å². The maximum absolute atomic E-state index is 11.6. The fourth-order valence-corrected chi connectivity index (χ4v) is 1.85. The van der Waals surface area contributed by atoms with Gasteiger partial charge in [-0.3, -0.25) is 9.69 Å². The van der Waals surface area contributed by atoms with Crippen LogP contribution in [-0.4, -0.2) is 44.7 Å². The highest BCUT2D eigenvalue weighted by Crippen LogP contribution is 2.09. The monoisotopic (exact) mass is 265 g/mol. The number of amides is 1. The van der Waals surface area contributed by atoms with E-state index in [-0.39, 0.29) is 5.91 Å². The third-order valence-electron chi connectivity index (χ3n) is 2.82. The van der Waals surface area contributed by atoms with Gasteiger partial charge in [0.05, 0.1) is 13.2 Å². The van der Waals surface area contributed by atoms with Gasteiger partial charge < -0.3 is 15.8 Å². The summed E-state index contributed by atoms with van der Waals surface area (Å²) in [4.78, 5) is 13.6. The van der Waals surface area contributed by atoms with E-state index in [1.54, 1.807) is 7.11 Å². The van der Waals surface area contributed by atoms with Crippen molar-refractivity contribution >= 4 is 5.91 Å². The van der Waals surface area contributed by atoms with Crippen molar-refractivity contribution in [3.05, 3.63) is 35.4 Å². The highest BCUT2D eigenvalue weighted by atomic mass is 16.5. The molecule has 0 bridgehead atoms. The van der Waals surface area contributed by atoms with Crippen LogP contribution in [-0.2, 0) is 22.6 Å². The van der Waals surface area contributed by atoms with Crippen molar-refractivity contribution in [1.82, 2.24) is 10.2 Å². The number of hydrogen-bond donors (Lipinski definition) is 2. The van der Waals surface area contributed by atoms with Crippen molar-refractivity contribution in [2.45, 2.75) is 13.1 Å². The molecule has 0 saturated carbocycles. The predicted octanol–water partition coefficient (Wildman–Crippen LogP) is 0.340. The van der Waals surface area contributed by atoms with Gasteiger partial charge in [-0.15, -0.1) is 0 Å². The standard InChI is InChI=1S/C14H23N3O2/c1-17(11-14(18)16-7-8-19-2)10-13-6-4-3-5-12(13)9-15/h3-6H,7-11,15H2,1-2H3,(H,16,18). The summed E-state index contributed by atoms with van der Waals surface area (Å²) in [7, 11) is 3.53. The molecule has 0 spiro atoms. The van der Waals surface area contributed by atoms with E-state index in [1.165, 1.54) is 0 Å². The summed E-state index contributed by atoms with van der Waals surface area (Å²) in [5.74, 6) is 0.00443. The van der Waals surface area contributed by atoms with Crippen LogP contribution in [0.15, 0.2) is 24.3 Å². The van der Waals surface area contributed by atoms with Gasteiger partial charge in [-0.1, -0.05) is 24.3 Å². The maximum atomic E-state index is 11.6. The lowest BCUT2D eigenvalue weighted by molar-refractivity contribution is -0.122. The molecule has 5 heteroatoms. The van der Waals surface area contributed by atoms with E-state index in [2.05, 4.69) is 5.32 Å². The molecule has 0 aliphatic carbocycles. The number of likely N-dealkylation sites (N-methyl/N-ethyl adjacent to an activating group) is 1. The lowest BCUT2D eigenvalue weighted by atomic mass is 10.1. The van der Waals surface area contributed by atoms with Crippen LogP contribution in [0, 0.1) is 0 Å². The Labute approximate surface area is 114 Å². The summed E-state index contributed by atoms with van der Waals surface area (Å²) in [6.45, 7) is 2.67. The number of nitrogens with two attached hydrogens (primary N) is 1. The molecule has 1 amide bonds. The van der Waals surface area contributed by atoms with Crippen LogP contribution in [0.25, 0.3) is 0 Å². The van der Waals surface area contributed by atoms with E-state index < -0.39 is 0 Å². The normalized spacial score (nSPS) is 10.7. The minimum absolute atomic E-state index is 0.00443. The molecule has 1 aromatic carbocycles. The fraction of sp³-hybridized carbons (Fsp3) is 0.500. The Bertz CT molecular complexity index is 396. The number of methoxy groups -OCH3 is 1. The van der Waals surface area contributed by atoms with Crippen LogP contribution >= 0.6 is 0 Å². The Morgan fingerprint density at radius 3 is 2.68 bits per heavy atom. The molecule has 0 aromatic heterocycles. The maximum Gasteiger partial charge on any atom is 0.234 e. The molecule has 19 heavy (non-hydrogen) atoms. The third kappa shape index (κ3) is 5.83. The number of nitrogens with zero attached hydrogens (tertiary/aromatic N) is 1. The van der Waals surface area contributed by atoms with E-state index >= 15 is 0 Å². The highest BCUT2D eigenvalue weighted by Gasteiger charge is 2.08. The van der Waals surface area contributed by atoms with Crippen molar-refractivity contribution in [2.24, 2.45) is 5.73 Å². The van der Waals surface area contributed by atoms with Gasteiger partial charge in [0.2, 0.25) is 5.91 Å². The summed E-state index contributed by atoms with van der Waals surface area (Å²) in [5.41, 5.74) is 7.98. The number of carbonyl (C=O) groups is 1. The zero-order chi connectivity index (χ0) is 14.1. The predicted molar refractivity (Wildman–Crippen MR) is 75.6 cm³/mol. The first-order valence-electron chi connectivity index (χ1n) is 6.38. The van der Waals surface area contributed by atoms with Gasteiger partial charge in [0, 0.05) is 26.7 Å². The molecule has 106 valence electrons. The van der Waals surface area contributed by atoms with E-state index in [0.29, 0.717) is 32.8 Å². The molecule has 1 aromatic rings. The smallest absolute Gasteiger partial charge is 0.234 e. The molecule has 0 radical (unpaired) electrons. The molecule has 0 heterocycles. The second-order valence-corrected chi connectivity index (χ2v) is 4.49. The van der Waals surface area contributed by atoms with Crippen LogP contribution in [0.5, 0.6) is 0 Å². The first kappa shape index (κ1) is 15.6. The first-order chi connectivity index (χ1) is 9.17. The molecular weight excluding hydrogens is 242 g/mol. The Morgan fingerprint density at radius 1 is 1.37 bits per heavy atom. The van der Waals surface area contributed by atoms with Gasteiger partial charge in [0.25, 0.3) is 0 Å². The van der Waals surface area contributed by atoms with Crippen LogP contribution in [0.2, 0.25) is 0 Å². The van der Waals surface area contributed by atoms with Crippen LogP contribution in [0.1, 0.15) is 11.1 Å². The van der Waals surface area contributed by atoms with Gasteiger partial charge in [0.1, 0.15) is 0 Å².